The molecular weight excluding hydrogens is 341 g/mol. The van der Waals surface area contributed by atoms with Gasteiger partial charge in [-0.25, -0.2) is 0 Å². The molecular formula is C20H35Cl2NO. The lowest BCUT2D eigenvalue weighted by molar-refractivity contribution is 0.0568. The average Bonchev–Trinajstić information content (AvgIpc) is 2.58. The standard InChI is InChI=1S/C20H35Cl2NO/c1-7-11-12-19(22)20(18(21)10-4)23(13-8-2)15-17(24-6)14-16(5)9-3/h10-12,16-17H,7-9,13-15H2,1-6H3/b12-11+,18-10+,20-19-. The van der Waals surface area contributed by atoms with Gasteiger partial charge in [-0.3, -0.25) is 0 Å². The van der Waals surface area contributed by atoms with E-state index < -0.39 is 0 Å². The molecule has 0 radical (unpaired) electrons. The van der Waals surface area contributed by atoms with Crippen molar-refractivity contribution >= 4 is 23.2 Å². The Morgan fingerprint density at radius 3 is 2.33 bits per heavy atom. The number of rotatable bonds is 12. The number of halogens is 2. The number of allylic oxidation sites excluding steroid dienone is 5. The van der Waals surface area contributed by atoms with Crippen LogP contribution < -0.4 is 0 Å². The molecule has 0 rings (SSSR count). The molecule has 2 unspecified atom stereocenters. The summed E-state index contributed by atoms with van der Waals surface area (Å²) in [5.41, 5.74) is 0.901. The molecule has 0 aliphatic carbocycles. The van der Waals surface area contributed by atoms with Gasteiger partial charge in [0.05, 0.1) is 21.9 Å². The van der Waals surface area contributed by atoms with Crippen molar-refractivity contribution in [2.75, 3.05) is 20.2 Å². The fourth-order valence-electron chi connectivity index (χ4n) is 2.52. The highest BCUT2D eigenvalue weighted by Gasteiger charge is 2.21. The van der Waals surface area contributed by atoms with Gasteiger partial charge in [-0.05, 0) is 38.2 Å². The van der Waals surface area contributed by atoms with Gasteiger partial charge in [-0.15, -0.1) is 0 Å². The van der Waals surface area contributed by atoms with E-state index in [2.05, 4.69) is 38.7 Å². The summed E-state index contributed by atoms with van der Waals surface area (Å²) < 4.78 is 5.74. The van der Waals surface area contributed by atoms with E-state index in [9.17, 15) is 0 Å². The van der Waals surface area contributed by atoms with Gasteiger partial charge >= 0.3 is 0 Å². The second kappa shape index (κ2) is 13.8. The molecule has 0 amide bonds. The zero-order chi connectivity index (χ0) is 18.5. The fourth-order valence-corrected chi connectivity index (χ4v) is 3.10. The third kappa shape index (κ3) is 8.60. The van der Waals surface area contributed by atoms with E-state index in [0.717, 1.165) is 44.5 Å². The number of methoxy groups -OCH3 is 1. The van der Waals surface area contributed by atoms with Crippen molar-refractivity contribution < 1.29 is 4.74 Å². The van der Waals surface area contributed by atoms with Crippen molar-refractivity contribution in [1.82, 2.24) is 4.90 Å². The Hall–Kier alpha value is -0.440. The zero-order valence-electron chi connectivity index (χ0n) is 16.2. The number of nitrogens with zero attached hydrogens (tertiary/aromatic N) is 1. The highest BCUT2D eigenvalue weighted by atomic mass is 35.5. The van der Waals surface area contributed by atoms with Crippen LogP contribution in [0.25, 0.3) is 0 Å². The van der Waals surface area contributed by atoms with Crippen molar-refractivity contribution in [3.05, 3.63) is 34.0 Å². The summed E-state index contributed by atoms with van der Waals surface area (Å²) in [7, 11) is 1.79. The maximum atomic E-state index is 6.57. The van der Waals surface area contributed by atoms with Crippen molar-refractivity contribution in [2.45, 2.75) is 66.4 Å². The van der Waals surface area contributed by atoms with Gasteiger partial charge in [0.1, 0.15) is 0 Å². The minimum absolute atomic E-state index is 0.169. The monoisotopic (exact) mass is 375 g/mol. The van der Waals surface area contributed by atoms with E-state index >= 15 is 0 Å². The molecule has 0 saturated heterocycles. The summed E-state index contributed by atoms with van der Waals surface area (Å²) in [4.78, 5) is 2.27. The Balaban J connectivity index is 5.56. The van der Waals surface area contributed by atoms with Crippen molar-refractivity contribution in [1.29, 1.82) is 0 Å². The van der Waals surface area contributed by atoms with E-state index in [1.165, 1.54) is 0 Å². The highest BCUT2D eigenvalue weighted by Crippen LogP contribution is 2.28. The first-order chi connectivity index (χ1) is 11.4. The van der Waals surface area contributed by atoms with Gasteiger partial charge in [0, 0.05) is 20.2 Å². The lowest BCUT2D eigenvalue weighted by Gasteiger charge is -2.32. The SMILES string of the molecule is C\C=C(Cl)/C(=C(Cl)\C=C\CC)N(CCC)CC(CC(C)CC)OC. The summed E-state index contributed by atoms with van der Waals surface area (Å²) in [6.07, 6.45) is 10.2. The summed E-state index contributed by atoms with van der Waals surface area (Å²) in [6, 6.07) is 0. The number of ether oxygens (including phenoxy) is 1. The van der Waals surface area contributed by atoms with Crippen molar-refractivity contribution in [3.63, 3.8) is 0 Å². The van der Waals surface area contributed by atoms with Gasteiger partial charge in [-0.2, -0.15) is 0 Å². The Morgan fingerprint density at radius 2 is 1.88 bits per heavy atom. The molecule has 0 bridgehead atoms. The van der Waals surface area contributed by atoms with Gasteiger partial charge in [0.15, 0.2) is 0 Å². The molecule has 0 spiro atoms. The summed E-state index contributed by atoms with van der Waals surface area (Å²) in [6.45, 7) is 12.4. The van der Waals surface area contributed by atoms with E-state index in [-0.39, 0.29) is 6.10 Å². The highest BCUT2D eigenvalue weighted by molar-refractivity contribution is 6.36. The van der Waals surface area contributed by atoms with Crippen LogP contribution in [-0.2, 0) is 4.74 Å². The molecule has 140 valence electrons. The van der Waals surface area contributed by atoms with E-state index in [1.54, 1.807) is 7.11 Å². The first-order valence-electron chi connectivity index (χ1n) is 9.11. The Kier molecular flexibility index (Phi) is 13.6. The summed E-state index contributed by atoms with van der Waals surface area (Å²) in [5, 5.41) is 1.37. The third-order valence-electron chi connectivity index (χ3n) is 4.14. The van der Waals surface area contributed by atoms with Crippen LogP contribution in [0.4, 0.5) is 0 Å². The molecule has 4 heteroatoms. The molecule has 0 saturated carbocycles. The Bertz CT molecular complexity index is 429. The molecule has 0 heterocycles. The molecule has 0 aromatic rings. The van der Waals surface area contributed by atoms with E-state index in [0.29, 0.717) is 16.0 Å². The number of hydrogen-bond acceptors (Lipinski definition) is 2. The van der Waals surface area contributed by atoms with E-state index in [4.69, 9.17) is 27.9 Å². The molecule has 0 aliphatic heterocycles. The molecule has 2 atom stereocenters. The largest absolute Gasteiger partial charge is 0.380 e. The summed E-state index contributed by atoms with van der Waals surface area (Å²) >= 11 is 13.1. The van der Waals surface area contributed by atoms with Crippen LogP contribution in [0.3, 0.4) is 0 Å². The Labute approximate surface area is 159 Å². The van der Waals surface area contributed by atoms with Crippen molar-refractivity contribution in [3.8, 4) is 0 Å². The summed E-state index contributed by atoms with van der Waals surface area (Å²) in [5.74, 6) is 0.638. The van der Waals surface area contributed by atoms with Crippen LogP contribution in [0.1, 0.15) is 60.3 Å². The van der Waals surface area contributed by atoms with Crippen LogP contribution in [0.2, 0.25) is 0 Å². The lowest BCUT2D eigenvalue weighted by Crippen LogP contribution is -2.35. The molecule has 0 aromatic heterocycles. The topological polar surface area (TPSA) is 12.5 Å². The molecule has 24 heavy (non-hydrogen) atoms. The predicted octanol–water partition coefficient (Wildman–Crippen LogP) is 6.71. The van der Waals surface area contributed by atoms with Gasteiger partial charge in [0.25, 0.3) is 0 Å². The van der Waals surface area contributed by atoms with Gasteiger partial charge in [-0.1, -0.05) is 69.5 Å². The molecule has 0 aromatic carbocycles. The first-order valence-corrected chi connectivity index (χ1v) is 9.86. The third-order valence-corrected chi connectivity index (χ3v) is 4.84. The molecule has 0 N–H and O–H groups in total. The maximum Gasteiger partial charge on any atom is 0.0748 e. The van der Waals surface area contributed by atoms with Crippen LogP contribution in [0, 0.1) is 5.92 Å². The Morgan fingerprint density at radius 1 is 1.21 bits per heavy atom. The fraction of sp³-hybridized carbons (Fsp3) is 0.700. The van der Waals surface area contributed by atoms with Gasteiger partial charge < -0.3 is 9.64 Å². The smallest absolute Gasteiger partial charge is 0.0748 e. The van der Waals surface area contributed by atoms with Gasteiger partial charge in [0.2, 0.25) is 0 Å². The second-order valence-electron chi connectivity index (χ2n) is 6.20. The van der Waals surface area contributed by atoms with Crippen molar-refractivity contribution in [2.24, 2.45) is 5.92 Å². The molecule has 0 fully saturated rings. The lowest BCUT2D eigenvalue weighted by atomic mass is 10.0. The van der Waals surface area contributed by atoms with Crippen LogP contribution in [0.15, 0.2) is 34.0 Å². The maximum absolute atomic E-state index is 6.57. The normalized spacial score (nSPS) is 16.2. The predicted molar refractivity (Wildman–Crippen MR) is 109 cm³/mol. The molecule has 2 nitrogen and oxygen atoms in total. The minimum atomic E-state index is 0.169. The minimum Gasteiger partial charge on any atom is -0.380 e. The quantitative estimate of drug-likeness (QED) is 0.351. The molecule has 0 aliphatic rings. The van der Waals surface area contributed by atoms with E-state index in [1.807, 2.05) is 19.1 Å². The van der Waals surface area contributed by atoms with Crippen LogP contribution in [-0.4, -0.2) is 31.2 Å². The average molecular weight is 376 g/mol. The first kappa shape index (κ1) is 23.6. The number of hydrogen-bond donors (Lipinski definition) is 0. The van der Waals surface area contributed by atoms with Crippen LogP contribution >= 0.6 is 23.2 Å². The second-order valence-corrected chi connectivity index (χ2v) is 7.01. The van der Waals surface area contributed by atoms with Crippen LogP contribution in [0.5, 0.6) is 0 Å². The zero-order valence-corrected chi connectivity index (χ0v) is 17.8.